The van der Waals surface area contributed by atoms with Gasteiger partial charge in [-0.3, -0.25) is 9.59 Å². The number of halogens is 7. The van der Waals surface area contributed by atoms with Gasteiger partial charge < -0.3 is 14.8 Å². The fourth-order valence-electron chi connectivity index (χ4n) is 7.34. The lowest BCUT2D eigenvalue weighted by Crippen LogP contribution is -2.46. The summed E-state index contributed by atoms with van der Waals surface area (Å²) in [5, 5.41) is 21.3. The monoisotopic (exact) mass is 741 g/mol. The largest absolute Gasteiger partial charge is 0.507 e. The Balaban J connectivity index is 1.50. The molecular formula is C34H35BBrF6NO5. The molecule has 4 atom stereocenters. The lowest BCUT2D eigenvalue weighted by atomic mass is 9.57. The fraction of sp³-hybridized carbons (Fsp3) is 0.471. The van der Waals surface area contributed by atoms with Crippen molar-refractivity contribution in [2.75, 3.05) is 4.90 Å². The van der Waals surface area contributed by atoms with Crippen molar-refractivity contribution in [1.29, 1.82) is 0 Å². The number of aromatic hydroxyl groups is 1. The SMILES string of the molecule is CCC/C(=C\c1cc(Br)ccc1O)CC[C@H]1OB(O)C[C@H]2C1=C(C(C)C)C[C@H]1C(=O)N(c3cc(C(F)(F)F)cc(C(F)(F)F)c3)C(=O)[C@H]12. The van der Waals surface area contributed by atoms with Crippen molar-refractivity contribution in [3.63, 3.8) is 0 Å². The fourth-order valence-corrected chi connectivity index (χ4v) is 7.72. The van der Waals surface area contributed by atoms with E-state index >= 15 is 0 Å². The molecule has 0 bridgehead atoms. The van der Waals surface area contributed by atoms with Gasteiger partial charge >= 0.3 is 19.5 Å². The molecule has 3 aliphatic rings. The van der Waals surface area contributed by atoms with Gasteiger partial charge in [0.1, 0.15) is 5.75 Å². The Hall–Kier alpha value is -3.10. The first kappa shape index (κ1) is 36.2. The van der Waals surface area contributed by atoms with Crippen LogP contribution >= 0.6 is 15.9 Å². The van der Waals surface area contributed by atoms with Gasteiger partial charge in [-0.1, -0.05) is 60.3 Å². The van der Waals surface area contributed by atoms with Crippen molar-refractivity contribution >= 4 is 46.6 Å². The summed E-state index contributed by atoms with van der Waals surface area (Å²) in [6, 6.07) is 5.84. The molecule has 0 unspecified atom stereocenters. The number of hydrogen-bond donors (Lipinski definition) is 2. The number of anilines is 1. The normalized spacial score (nSPS) is 23.7. The molecule has 48 heavy (non-hydrogen) atoms. The highest BCUT2D eigenvalue weighted by Crippen LogP contribution is 2.53. The predicted octanol–water partition coefficient (Wildman–Crippen LogP) is 8.81. The summed E-state index contributed by atoms with van der Waals surface area (Å²) in [6.45, 7) is 5.83. The summed E-state index contributed by atoms with van der Waals surface area (Å²) in [7, 11) is -1.31. The Morgan fingerprint density at radius 3 is 2.25 bits per heavy atom. The van der Waals surface area contributed by atoms with Gasteiger partial charge in [-0.2, -0.15) is 26.3 Å². The summed E-state index contributed by atoms with van der Waals surface area (Å²) < 4.78 is 88.9. The van der Waals surface area contributed by atoms with Crippen LogP contribution in [0.1, 0.15) is 69.6 Å². The first-order valence-corrected chi connectivity index (χ1v) is 16.6. The maximum atomic E-state index is 14.0. The number of nitrogens with zero attached hydrogens (tertiary/aromatic N) is 1. The minimum absolute atomic E-state index is 0.0449. The molecule has 2 amide bonds. The highest BCUT2D eigenvalue weighted by molar-refractivity contribution is 9.10. The molecule has 258 valence electrons. The molecule has 0 aromatic heterocycles. The lowest BCUT2D eigenvalue weighted by molar-refractivity contribution is -0.143. The van der Waals surface area contributed by atoms with Gasteiger partial charge in [-0.25, -0.2) is 4.90 Å². The number of rotatable bonds is 8. The lowest BCUT2D eigenvalue weighted by Gasteiger charge is -2.44. The topological polar surface area (TPSA) is 87.1 Å². The molecule has 0 spiro atoms. The van der Waals surface area contributed by atoms with E-state index < -0.39 is 72.0 Å². The number of benzene rings is 2. The maximum absolute atomic E-state index is 14.0. The second-order valence-corrected chi connectivity index (χ2v) is 13.9. The standard InChI is InChI=1S/C34H35BBrF6NO5/c1-4-5-18(10-19-11-22(36)7-8-27(19)44)6-9-28-29-24(17(2)3)15-25-30(26(29)16-35(47)48-28)32(46)43(31(25)45)23-13-20(33(37,38)39)12-21(14-23)34(40,41)42/h7-8,10-14,17,25-26,28,30,44,47H,4-6,9,15-16H2,1-3H3/b18-10+/t25-,26+,28-,30-/m1/s1. The van der Waals surface area contributed by atoms with Crippen LogP contribution in [0.2, 0.25) is 6.32 Å². The number of allylic oxidation sites excluding steroid dienone is 2. The number of imide groups is 1. The van der Waals surface area contributed by atoms with E-state index in [2.05, 4.69) is 15.9 Å². The number of hydrogen-bond acceptors (Lipinski definition) is 5. The molecule has 2 aliphatic heterocycles. The van der Waals surface area contributed by atoms with Crippen molar-refractivity contribution in [1.82, 2.24) is 0 Å². The number of phenolic OH excluding ortho intramolecular Hbond substituents is 1. The summed E-state index contributed by atoms with van der Waals surface area (Å²) in [5.74, 6) is -4.61. The molecule has 0 saturated carbocycles. The van der Waals surface area contributed by atoms with E-state index in [4.69, 9.17) is 4.65 Å². The van der Waals surface area contributed by atoms with Gasteiger partial charge in [-0.05, 0) is 85.8 Å². The van der Waals surface area contributed by atoms with Crippen molar-refractivity contribution in [2.45, 2.75) is 77.7 Å². The second kappa shape index (κ2) is 13.7. The smallest absolute Gasteiger partial charge is 0.455 e. The minimum Gasteiger partial charge on any atom is -0.507 e. The van der Waals surface area contributed by atoms with Crippen LogP contribution in [0.25, 0.3) is 6.08 Å². The molecule has 6 nitrogen and oxygen atoms in total. The van der Waals surface area contributed by atoms with Crippen molar-refractivity contribution in [3.05, 3.63) is 74.3 Å². The highest BCUT2D eigenvalue weighted by atomic mass is 79.9. The molecular weight excluding hydrogens is 707 g/mol. The van der Waals surface area contributed by atoms with Gasteiger partial charge in [0, 0.05) is 10.0 Å². The molecule has 2 N–H and O–H groups in total. The quantitative estimate of drug-likeness (QED) is 0.122. The van der Waals surface area contributed by atoms with Crippen LogP contribution in [-0.4, -0.2) is 35.2 Å². The summed E-state index contributed by atoms with van der Waals surface area (Å²) in [4.78, 5) is 28.2. The van der Waals surface area contributed by atoms with Gasteiger partial charge in [0.2, 0.25) is 11.8 Å². The molecule has 14 heteroatoms. The Morgan fingerprint density at radius 2 is 1.67 bits per heavy atom. The average molecular weight is 742 g/mol. The van der Waals surface area contributed by atoms with Crippen molar-refractivity contribution < 1.29 is 50.7 Å². The summed E-state index contributed by atoms with van der Waals surface area (Å²) >= 11 is 3.42. The number of amides is 2. The van der Waals surface area contributed by atoms with Crippen molar-refractivity contribution in [3.8, 4) is 5.75 Å². The summed E-state index contributed by atoms with van der Waals surface area (Å²) in [5.41, 5.74) is -0.835. The predicted molar refractivity (Wildman–Crippen MR) is 171 cm³/mol. The number of fused-ring (bicyclic) bond motifs is 3. The number of phenols is 1. The highest BCUT2D eigenvalue weighted by Gasteiger charge is 2.58. The van der Waals surface area contributed by atoms with Crippen LogP contribution in [0, 0.1) is 23.7 Å². The molecule has 2 fully saturated rings. The molecule has 2 saturated heterocycles. The first-order valence-electron chi connectivity index (χ1n) is 15.8. The van der Waals surface area contributed by atoms with Gasteiger partial charge in [0.05, 0.1) is 34.8 Å². The Labute approximate surface area is 283 Å². The third kappa shape index (κ3) is 7.26. The van der Waals surface area contributed by atoms with E-state index in [-0.39, 0.29) is 30.5 Å². The molecule has 1 aliphatic carbocycles. The number of alkyl halides is 6. The van der Waals surface area contributed by atoms with Crippen LogP contribution in [0.4, 0.5) is 32.0 Å². The van der Waals surface area contributed by atoms with E-state index in [9.17, 15) is 46.1 Å². The van der Waals surface area contributed by atoms with Gasteiger partial charge in [-0.15, -0.1) is 0 Å². The maximum Gasteiger partial charge on any atom is 0.455 e. The van der Waals surface area contributed by atoms with Gasteiger partial charge in [0.25, 0.3) is 0 Å². The van der Waals surface area contributed by atoms with Crippen LogP contribution in [0.3, 0.4) is 0 Å². The summed E-state index contributed by atoms with van der Waals surface area (Å²) in [6.07, 6.45) is -6.62. The number of carbonyl (C=O) groups excluding carboxylic acids is 2. The zero-order chi connectivity index (χ0) is 35.3. The molecule has 0 radical (unpaired) electrons. The molecule has 2 aromatic carbocycles. The van der Waals surface area contributed by atoms with E-state index in [1.165, 1.54) is 0 Å². The van der Waals surface area contributed by atoms with E-state index in [0.29, 0.717) is 41.9 Å². The van der Waals surface area contributed by atoms with Crippen LogP contribution < -0.4 is 4.90 Å². The third-order valence-corrected chi connectivity index (χ3v) is 9.91. The molecule has 2 aromatic rings. The van der Waals surface area contributed by atoms with Gasteiger partial charge in [0.15, 0.2) is 0 Å². The third-order valence-electron chi connectivity index (χ3n) is 9.42. The Kier molecular flexibility index (Phi) is 10.3. The molecule has 2 heterocycles. The Morgan fingerprint density at radius 1 is 1.02 bits per heavy atom. The number of carbonyl (C=O) groups is 2. The van der Waals surface area contributed by atoms with E-state index in [0.717, 1.165) is 27.6 Å². The van der Waals surface area contributed by atoms with E-state index in [1.807, 2.05) is 26.8 Å². The second-order valence-electron chi connectivity index (χ2n) is 13.0. The first-order chi connectivity index (χ1) is 22.4. The average Bonchev–Trinajstić information content (AvgIpc) is 3.25. The van der Waals surface area contributed by atoms with E-state index in [1.54, 1.807) is 18.2 Å². The van der Waals surface area contributed by atoms with Crippen molar-refractivity contribution in [2.24, 2.45) is 23.7 Å². The minimum atomic E-state index is -5.16. The van der Waals surface area contributed by atoms with Crippen LogP contribution in [0.15, 0.2) is 57.6 Å². The zero-order valence-corrected chi connectivity index (χ0v) is 28.0. The molecule has 5 rings (SSSR count). The Bertz CT molecular complexity index is 1620. The van der Waals surface area contributed by atoms with Crippen LogP contribution in [0.5, 0.6) is 5.75 Å². The zero-order valence-electron chi connectivity index (χ0n) is 26.5. The van der Waals surface area contributed by atoms with Crippen LogP contribution in [-0.2, 0) is 26.6 Å².